The van der Waals surface area contributed by atoms with Gasteiger partial charge in [0.05, 0.1) is 35.8 Å². The van der Waals surface area contributed by atoms with Gasteiger partial charge in [0, 0.05) is 24.6 Å². The maximum atomic E-state index is 14.9. The van der Waals surface area contributed by atoms with E-state index in [1.807, 2.05) is 0 Å². The van der Waals surface area contributed by atoms with Crippen LogP contribution in [0.25, 0.3) is 0 Å². The predicted octanol–water partition coefficient (Wildman–Crippen LogP) is 4.83. The third-order valence-corrected chi connectivity index (χ3v) is 7.83. The molecule has 3 atom stereocenters. The fourth-order valence-corrected chi connectivity index (χ4v) is 5.85. The normalized spacial score (nSPS) is 20.1. The van der Waals surface area contributed by atoms with Crippen LogP contribution in [0.3, 0.4) is 0 Å². The van der Waals surface area contributed by atoms with Crippen LogP contribution in [0.2, 0.25) is 0 Å². The molecule has 1 aliphatic heterocycles. The zero-order valence-corrected chi connectivity index (χ0v) is 21.6. The molecule has 4 N–H and O–H groups in total. The minimum atomic E-state index is -1.18. The number of aromatic nitrogens is 1. The van der Waals surface area contributed by atoms with Crippen LogP contribution in [0.5, 0.6) is 0 Å². The molecule has 0 radical (unpaired) electrons. The highest BCUT2D eigenvalue weighted by atomic mass is 19.1. The van der Waals surface area contributed by atoms with Crippen molar-refractivity contribution in [3.63, 3.8) is 0 Å². The second-order valence-electron chi connectivity index (χ2n) is 10.5. The van der Waals surface area contributed by atoms with Gasteiger partial charge < -0.3 is 21.1 Å². The summed E-state index contributed by atoms with van der Waals surface area (Å²) < 4.78 is 49.1. The van der Waals surface area contributed by atoms with E-state index < -0.39 is 35.3 Å². The molecule has 1 spiro atoms. The zero-order valence-electron chi connectivity index (χ0n) is 21.6. The Bertz CT molecular complexity index is 1300. The Morgan fingerprint density at radius 1 is 1.08 bits per heavy atom. The molecule has 1 aromatic heterocycles. The molecule has 1 amide bonds. The number of carbonyl (C=O) groups is 1. The molecule has 0 bridgehead atoms. The Balaban J connectivity index is 1.33. The molecule has 2 aromatic carbocycles. The van der Waals surface area contributed by atoms with E-state index in [2.05, 4.69) is 15.6 Å². The van der Waals surface area contributed by atoms with E-state index in [1.54, 1.807) is 6.07 Å². The Kier molecular flexibility index (Phi) is 8.30. The molecular formula is C30H33F3N4O2. The van der Waals surface area contributed by atoms with E-state index in [9.17, 15) is 18.0 Å². The lowest BCUT2D eigenvalue weighted by atomic mass is 9.85. The number of morpholine rings is 1. The van der Waals surface area contributed by atoms with E-state index in [4.69, 9.17) is 10.5 Å². The number of nitrogens with one attached hydrogen (secondary N) is 2. The van der Waals surface area contributed by atoms with Gasteiger partial charge in [-0.2, -0.15) is 0 Å². The number of benzene rings is 2. The molecule has 2 fully saturated rings. The smallest absolute Gasteiger partial charge is 0.242 e. The summed E-state index contributed by atoms with van der Waals surface area (Å²) in [6.45, 7) is 1.53. The van der Waals surface area contributed by atoms with E-state index in [0.29, 0.717) is 36.1 Å². The van der Waals surface area contributed by atoms with Crippen molar-refractivity contribution in [2.45, 2.75) is 62.2 Å². The molecule has 5 rings (SSSR count). The molecule has 2 aliphatic rings. The number of anilines is 1. The Morgan fingerprint density at radius 3 is 2.59 bits per heavy atom. The monoisotopic (exact) mass is 538 g/mol. The summed E-state index contributed by atoms with van der Waals surface area (Å²) in [5, 5.41) is 6.21. The fourth-order valence-electron chi connectivity index (χ4n) is 5.85. The van der Waals surface area contributed by atoms with Gasteiger partial charge in [-0.25, -0.2) is 13.2 Å². The summed E-state index contributed by atoms with van der Waals surface area (Å²) >= 11 is 0. The third-order valence-electron chi connectivity index (χ3n) is 7.83. The average molecular weight is 539 g/mol. The Labute approximate surface area is 226 Å². The molecule has 2 heterocycles. The van der Waals surface area contributed by atoms with E-state index in [-0.39, 0.29) is 17.4 Å². The van der Waals surface area contributed by atoms with Crippen molar-refractivity contribution < 1.29 is 22.7 Å². The number of ether oxygens (including phenoxy) is 1. The number of halogens is 3. The first-order valence-electron chi connectivity index (χ1n) is 13.4. The van der Waals surface area contributed by atoms with E-state index in [1.165, 1.54) is 48.7 Å². The number of carbonyl (C=O) groups excluding carboxylic acids is 1. The quantitative estimate of drug-likeness (QED) is 0.382. The topological polar surface area (TPSA) is 89.3 Å². The highest BCUT2D eigenvalue weighted by Crippen LogP contribution is 2.36. The summed E-state index contributed by atoms with van der Waals surface area (Å²) in [6, 6.07) is 10.2. The third kappa shape index (κ3) is 6.32. The van der Waals surface area contributed by atoms with Crippen LogP contribution >= 0.6 is 0 Å². The Morgan fingerprint density at radius 2 is 1.85 bits per heavy atom. The molecule has 1 aliphatic carbocycles. The van der Waals surface area contributed by atoms with E-state index in [0.717, 1.165) is 38.4 Å². The van der Waals surface area contributed by atoms with Crippen LogP contribution < -0.4 is 16.4 Å². The lowest BCUT2D eigenvalue weighted by Gasteiger charge is -2.39. The van der Waals surface area contributed by atoms with Gasteiger partial charge in [-0.15, -0.1) is 0 Å². The second kappa shape index (κ2) is 11.9. The minimum absolute atomic E-state index is 0.0638. The molecule has 6 nitrogen and oxygen atoms in total. The van der Waals surface area contributed by atoms with Crippen LogP contribution in [0, 0.1) is 17.5 Å². The second-order valence-corrected chi connectivity index (χ2v) is 10.5. The number of hydrogen-bond acceptors (Lipinski definition) is 5. The lowest BCUT2D eigenvalue weighted by Crippen LogP contribution is -2.52. The summed E-state index contributed by atoms with van der Waals surface area (Å²) in [5.74, 6) is -2.82. The summed E-state index contributed by atoms with van der Waals surface area (Å²) in [6.07, 6.45) is 7.73. The number of hydrogen-bond donors (Lipinski definition) is 3. The maximum absolute atomic E-state index is 14.9. The lowest BCUT2D eigenvalue weighted by molar-refractivity contribution is -0.117. The number of nitrogens with two attached hydrogens (primary N) is 1. The number of nitrogens with zero attached hydrogens (tertiary/aromatic N) is 1. The average Bonchev–Trinajstić information content (AvgIpc) is 3.36. The molecule has 1 saturated carbocycles. The standard InChI is InChI=1S/C30H33F3N4O2/c31-21-8-6-19(7-9-21)27(20-4-3-5-22(32)14-20)28(34)29(38)37-26-17-35-16-25(33)24(26)11-10-23-15-36-18-30(39-23)12-1-2-13-30/h3-9,14,16-17,23,27-28,36H,1-2,10-13,15,18,34H2,(H,37,38)/t23-,27+,28+/m1/s1. The predicted molar refractivity (Wildman–Crippen MR) is 143 cm³/mol. The largest absolute Gasteiger partial charge is 0.369 e. The molecule has 206 valence electrons. The van der Waals surface area contributed by atoms with Crippen molar-refractivity contribution in [2.24, 2.45) is 5.73 Å². The van der Waals surface area contributed by atoms with E-state index >= 15 is 0 Å². The van der Waals surface area contributed by atoms with Crippen molar-refractivity contribution in [1.82, 2.24) is 10.3 Å². The van der Waals surface area contributed by atoms with Crippen LogP contribution in [-0.2, 0) is 16.0 Å². The van der Waals surface area contributed by atoms with Gasteiger partial charge in [0.2, 0.25) is 5.91 Å². The van der Waals surface area contributed by atoms with Gasteiger partial charge in [0.15, 0.2) is 0 Å². The first-order valence-corrected chi connectivity index (χ1v) is 13.4. The summed E-state index contributed by atoms with van der Waals surface area (Å²) in [7, 11) is 0. The SMILES string of the molecule is N[C@H](C(=O)Nc1cncc(F)c1CC[C@@H]1CNCC2(CCCC2)O1)[C@@H](c1ccc(F)cc1)c1cccc(F)c1. The molecule has 0 unspecified atom stereocenters. The highest BCUT2D eigenvalue weighted by Gasteiger charge is 2.39. The van der Waals surface area contributed by atoms with Gasteiger partial charge in [-0.05, 0) is 61.1 Å². The van der Waals surface area contributed by atoms with Crippen LogP contribution in [0.1, 0.15) is 54.7 Å². The fraction of sp³-hybridized carbons (Fsp3) is 0.400. The van der Waals surface area contributed by atoms with Crippen LogP contribution in [0.4, 0.5) is 18.9 Å². The summed E-state index contributed by atoms with van der Waals surface area (Å²) in [4.78, 5) is 17.3. The molecule has 1 saturated heterocycles. The number of amides is 1. The molecular weight excluding hydrogens is 505 g/mol. The first kappa shape index (κ1) is 27.3. The van der Waals surface area contributed by atoms with Crippen molar-refractivity contribution >= 4 is 11.6 Å². The van der Waals surface area contributed by atoms with Crippen molar-refractivity contribution in [2.75, 3.05) is 18.4 Å². The van der Waals surface area contributed by atoms with Crippen molar-refractivity contribution in [1.29, 1.82) is 0 Å². The minimum Gasteiger partial charge on any atom is -0.369 e. The highest BCUT2D eigenvalue weighted by molar-refractivity contribution is 5.96. The number of pyridine rings is 1. The van der Waals surface area contributed by atoms with Crippen LogP contribution in [-0.4, -0.2) is 41.7 Å². The first-order chi connectivity index (χ1) is 18.8. The van der Waals surface area contributed by atoms with Crippen molar-refractivity contribution in [3.8, 4) is 0 Å². The molecule has 39 heavy (non-hydrogen) atoms. The summed E-state index contributed by atoms with van der Waals surface area (Å²) in [5.41, 5.74) is 7.87. The zero-order chi connectivity index (χ0) is 27.4. The van der Waals surface area contributed by atoms with Crippen LogP contribution in [0.15, 0.2) is 60.9 Å². The molecule has 9 heteroatoms. The van der Waals surface area contributed by atoms with Gasteiger partial charge in [0.1, 0.15) is 17.5 Å². The van der Waals surface area contributed by atoms with Gasteiger partial charge >= 0.3 is 0 Å². The Hall–Kier alpha value is -3.27. The maximum Gasteiger partial charge on any atom is 0.242 e. The number of rotatable bonds is 8. The van der Waals surface area contributed by atoms with Gasteiger partial charge in [-0.3, -0.25) is 9.78 Å². The van der Waals surface area contributed by atoms with Gasteiger partial charge in [0.25, 0.3) is 0 Å². The molecule has 3 aromatic rings. The van der Waals surface area contributed by atoms with Crippen molar-refractivity contribution in [3.05, 3.63) is 95.1 Å². The van der Waals surface area contributed by atoms with Gasteiger partial charge in [-0.1, -0.05) is 37.1 Å².